The number of carboxylic acids is 1. The van der Waals surface area contributed by atoms with E-state index in [4.69, 9.17) is 10.8 Å². The van der Waals surface area contributed by atoms with Crippen molar-refractivity contribution in [1.82, 2.24) is 4.90 Å². The zero-order chi connectivity index (χ0) is 10.3. The van der Waals surface area contributed by atoms with Crippen molar-refractivity contribution in [3.05, 3.63) is 11.8 Å². The molecule has 0 spiro atoms. The van der Waals surface area contributed by atoms with Crippen LogP contribution in [0.4, 0.5) is 0 Å². The number of carboxylic acid groups (broad SMARTS) is 1. The van der Waals surface area contributed by atoms with Gasteiger partial charge in [-0.2, -0.15) is 0 Å². The lowest BCUT2D eigenvalue weighted by atomic mass is 9.97. The number of carbonyl (C=O) groups is 2. The van der Waals surface area contributed by atoms with Crippen molar-refractivity contribution >= 4 is 23.6 Å². The van der Waals surface area contributed by atoms with Gasteiger partial charge < -0.3 is 10.8 Å². The molecule has 0 bridgehead atoms. The summed E-state index contributed by atoms with van der Waals surface area (Å²) < 4.78 is 0. The Morgan fingerprint density at radius 3 is 3.07 bits per heavy atom. The van der Waals surface area contributed by atoms with E-state index < -0.39 is 5.97 Å². The van der Waals surface area contributed by atoms with Crippen molar-refractivity contribution in [2.24, 2.45) is 11.7 Å². The Labute approximate surface area is 84.9 Å². The van der Waals surface area contributed by atoms with Crippen LogP contribution in [0.2, 0.25) is 0 Å². The third-order valence-corrected chi connectivity index (χ3v) is 3.67. The van der Waals surface area contributed by atoms with E-state index in [0.29, 0.717) is 12.3 Å². The highest BCUT2D eigenvalue weighted by molar-refractivity contribution is 8.00. The van der Waals surface area contributed by atoms with E-state index in [1.54, 1.807) is 17.8 Å². The number of aliphatic carboxylic acids is 1. The highest BCUT2D eigenvalue weighted by Crippen LogP contribution is 2.40. The highest BCUT2D eigenvalue weighted by Gasteiger charge is 2.50. The Morgan fingerprint density at radius 2 is 2.50 bits per heavy atom. The number of nitrogens with two attached hydrogens (primary N) is 1. The van der Waals surface area contributed by atoms with Crippen LogP contribution in [-0.4, -0.2) is 39.6 Å². The molecule has 2 heterocycles. The summed E-state index contributed by atoms with van der Waals surface area (Å²) >= 11 is 1.56. The number of hydrogen-bond donors (Lipinski definition) is 2. The van der Waals surface area contributed by atoms with Crippen LogP contribution in [0.25, 0.3) is 0 Å². The average molecular weight is 214 g/mol. The molecule has 76 valence electrons. The standard InChI is InChI=1S/C8H10N2O3S/c9-3-4-6(11)10-5(8(12)13)1-2-14-7(4)10/h1,4,7H,2-3,9H2,(H,12,13)/t4?,7-/m0/s1. The molecule has 0 radical (unpaired) electrons. The van der Waals surface area contributed by atoms with Gasteiger partial charge in [0.1, 0.15) is 5.70 Å². The second kappa shape index (κ2) is 3.29. The van der Waals surface area contributed by atoms with Crippen LogP contribution in [-0.2, 0) is 9.59 Å². The van der Waals surface area contributed by atoms with Crippen molar-refractivity contribution in [3.63, 3.8) is 0 Å². The predicted octanol–water partition coefficient (Wildman–Crippen LogP) is -0.555. The molecule has 0 saturated carbocycles. The van der Waals surface area contributed by atoms with E-state index >= 15 is 0 Å². The van der Waals surface area contributed by atoms with E-state index in [2.05, 4.69) is 0 Å². The normalized spacial score (nSPS) is 30.5. The predicted molar refractivity (Wildman–Crippen MR) is 51.4 cm³/mol. The molecule has 1 saturated heterocycles. The molecule has 1 unspecified atom stereocenters. The van der Waals surface area contributed by atoms with Crippen molar-refractivity contribution < 1.29 is 14.7 Å². The average Bonchev–Trinajstić information content (AvgIpc) is 2.16. The fourth-order valence-corrected chi connectivity index (χ4v) is 2.98. The third kappa shape index (κ3) is 1.14. The van der Waals surface area contributed by atoms with Crippen molar-refractivity contribution in [1.29, 1.82) is 0 Å². The molecule has 1 fully saturated rings. The fraction of sp³-hybridized carbons (Fsp3) is 0.500. The largest absolute Gasteiger partial charge is 0.477 e. The molecule has 2 aliphatic rings. The maximum Gasteiger partial charge on any atom is 0.352 e. The van der Waals surface area contributed by atoms with Crippen molar-refractivity contribution in [2.45, 2.75) is 5.37 Å². The lowest BCUT2D eigenvalue weighted by molar-refractivity contribution is -0.151. The molecule has 2 atom stereocenters. The molecule has 6 heteroatoms. The summed E-state index contributed by atoms with van der Waals surface area (Å²) in [6, 6.07) is 0. The molecule has 5 nitrogen and oxygen atoms in total. The van der Waals surface area contributed by atoms with Crippen LogP contribution in [0, 0.1) is 5.92 Å². The maximum absolute atomic E-state index is 11.5. The van der Waals surface area contributed by atoms with Gasteiger partial charge in [0.05, 0.1) is 11.3 Å². The molecule has 0 aromatic carbocycles. The van der Waals surface area contributed by atoms with Gasteiger partial charge >= 0.3 is 5.97 Å². The van der Waals surface area contributed by atoms with Crippen LogP contribution in [0.3, 0.4) is 0 Å². The first-order valence-corrected chi connectivity index (χ1v) is 5.30. The molecule has 2 aliphatic heterocycles. The first-order valence-electron chi connectivity index (χ1n) is 4.25. The summed E-state index contributed by atoms with van der Waals surface area (Å²) in [4.78, 5) is 23.6. The number of carbonyl (C=O) groups excluding carboxylic acids is 1. The highest BCUT2D eigenvalue weighted by atomic mass is 32.2. The summed E-state index contributed by atoms with van der Waals surface area (Å²) in [7, 11) is 0. The summed E-state index contributed by atoms with van der Waals surface area (Å²) in [5, 5.41) is 8.77. The molecular formula is C8H10N2O3S. The van der Waals surface area contributed by atoms with Crippen molar-refractivity contribution in [2.75, 3.05) is 12.3 Å². The molecule has 3 N–H and O–H groups in total. The Hall–Kier alpha value is -1.01. The lowest BCUT2D eigenvalue weighted by Gasteiger charge is -2.47. The van der Waals surface area contributed by atoms with Crippen LogP contribution < -0.4 is 5.73 Å². The van der Waals surface area contributed by atoms with Gasteiger partial charge in [-0.3, -0.25) is 9.69 Å². The summed E-state index contributed by atoms with van der Waals surface area (Å²) in [5.74, 6) is -0.785. The van der Waals surface area contributed by atoms with Gasteiger partial charge in [0.2, 0.25) is 5.91 Å². The lowest BCUT2D eigenvalue weighted by Crippen LogP contribution is -2.62. The molecule has 2 rings (SSSR count). The number of thioether (sulfide) groups is 1. The maximum atomic E-state index is 11.5. The van der Waals surface area contributed by atoms with Crippen LogP contribution in [0.5, 0.6) is 0 Å². The van der Waals surface area contributed by atoms with E-state index in [1.807, 2.05) is 0 Å². The quantitative estimate of drug-likeness (QED) is 0.602. The van der Waals surface area contributed by atoms with E-state index in [0.717, 1.165) is 0 Å². The second-order valence-electron chi connectivity index (χ2n) is 3.17. The van der Waals surface area contributed by atoms with Gasteiger partial charge in [-0.05, 0) is 6.08 Å². The van der Waals surface area contributed by atoms with Crippen LogP contribution in [0.15, 0.2) is 11.8 Å². The molecule has 1 amide bonds. The molecule has 0 aromatic rings. The van der Waals surface area contributed by atoms with Gasteiger partial charge in [-0.15, -0.1) is 11.8 Å². The molecular weight excluding hydrogens is 204 g/mol. The second-order valence-corrected chi connectivity index (χ2v) is 4.32. The zero-order valence-corrected chi connectivity index (χ0v) is 8.16. The zero-order valence-electron chi connectivity index (χ0n) is 7.34. The number of nitrogens with zero attached hydrogens (tertiary/aromatic N) is 1. The Morgan fingerprint density at radius 1 is 1.79 bits per heavy atom. The Kier molecular flexibility index (Phi) is 2.24. The Bertz CT molecular complexity index is 329. The van der Waals surface area contributed by atoms with Gasteiger partial charge in [0.15, 0.2) is 0 Å². The first kappa shape index (κ1) is 9.54. The SMILES string of the molecule is NCC1C(=O)N2C(C(=O)O)=CCS[C@@H]12. The molecule has 0 aromatic heterocycles. The number of hydrogen-bond acceptors (Lipinski definition) is 4. The van der Waals surface area contributed by atoms with Crippen LogP contribution >= 0.6 is 11.8 Å². The van der Waals surface area contributed by atoms with E-state index in [9.17, 15) is 9.59 Å². The van der Waals surface area contributed by atoms with Gasteiger partial charge in [0.25, 0.3) is 0 Å². The molecule has 14 heavy (non-hydrogen) atoms. The Balaban J connectivity index is 2.23. The van der Waals surface area contributed by atoms with E-state index in [-0.39, 0.29) is 22.9 Å². The van der Waals surface area contributed by atoms with Gasteiger partial charge in [0, 0.05) is 12.3 Å². The minimum absolute atomic E-state index is 0.0661. The van der Waals surface area contributed by atoms with Crippen LogP contribution in [0.1, 0.15) is 0 Å². The topological polar surface area (TPSA) is 83.6 Å². The summed E-state index contributed by atoms with van der Waals surface area (Å²) in [5.41, 5.74) is 5.53. The number of fused-ring (bicyclic) bond motifs is 1. The number of β-lactam (4-membered cyclic amide) rings is 1. The fourth-order valence-electron chi connectivity index (χ4n) is 1.70. The third-order valence-electron chi connectivity index (χ3n) is 2.43. The smallest absolute Gasteiger partial charge is 0.352 e. The monoisotopic (exact) mass is 214 g/mol. The number of rotatable bonds is 2. The van der Waals surface area contributed by atoms with Gasteiger partial charge in [-0.1, -0.05) is 0 Å². The van der Waals surface area contributed by atoms with Gasteiger partial charge in [-0.25, -0.2) is 4.79 Å². The van der Waals surface area contributed by atoms with E-state index in [1.165, 1.54) is 4.90 Å². The summed E-state index contributed by atoms with van der Waals surface area (Å²) in [6.07, 6.45) is 1.56. The molecule has 0 aliphatic carbocycles. The summed E-state index contributed by atoms with van der Waals surface area (Å²) in [6.45, 7) is 0.292. The number of amides is 1. The minimum atomic E-state index is -1.04. The van der Waals surface area contributed by atoms with Crippen molar-refractivity contribution in [3.8, 4) is 0 Å². The minimum Gasteiger partial charge on any atom is -0.477 e. The first-order chi connectivity index (χ1) is 6.66.